The second-order valence-electron chi connectivity index (χ2n) is 5.17. The lowest BCUT2D eigenvalue weighted by Gasteiger charge is -2.12. The first-order chi connectivity index (χ1) is 12.1. The van der Waals surface area contributed by atoms with Gasteiger partial charge in [-0.15, -0.1) is 0 Å². The van der Waals surface area contributed by atoms with E-state index in [1.54, 1.807) is 19.3 Å². The van der Waals surface area contributed by atoms with Crippen molar-refractivity contribution in [1.29, 1.82) is 0 Å². The van der Waals surface area contributed by atoms with Gasteiger partial charge in [0.05, 0.1) is 18.2 Å². The summed E-state index contributed by atoms with van der Waals surface area (Å²) >= 11 is 3.45. The minimum absolute atomic E-state index is 0.235. The summed E-state index contributed by atoms with van der Waals surface area (Å²) in [5.74, 6) is 1.01. The third kappa shape index (κ3) is 3.74. The Balaban J connectivity index is 1.97. The first-order valence-electron chi connectivity index (χ1n) is 7.70. The number of carbonyl (C=O) groups is 1. The van der Waals surface area contributed by atoms with Gasteiger partial charge in [-0.25, -0.2) is 9.79 Å². The van der Waals surface area contributed by atoms with Gasteiger partial charge >= 0.3 is 5.97 Å². The normalized spacial score (nSPS) is 15.1. The summed E-state index contributed by atoms with van der Waals surface area (Å²) in [7, 11) is 1.57. The zero-order valence-corrected chi connectivity index (χ0v) is 15.4. The maximum atomic E-state index is 12.1. The molecule has 0 spiro atoms. The predicted octanol–water partition coefficient (Wildman–Crippen LogP) is 4.20. The first kappa shape index (κ1) is 17.2. The number of ether oxygens (including phenoxy) is 3. The maximum absolute atomic E-state index is 12.1. The van der Waals surface area contributed by atoms with Crippen LogP contribution in [0.3, 0.4) is 0 Å². The third-order valence-corrected chi connectivity index (χ3v) is 4.07. The molecule has 3 rings (SSSR count). The van der Waals surface area contributed by atoms with Gasteiger partial charge in [-0.05, 0) is 58.8 Å². The number of carbonyl (C=O) groups excluding carboxylic acids is 1. The van der Waals surface area contributed by atoms with E-state index in [9.17, 15) is 4.79 Å². The molecule has 0 fully saturated rings. The second-order valence-corrected chi connectivity index (χ2v) is 6.02. The van der Waals surface area contributed by atoms with E-state index in [2.05, 4.69) is 20.9 Å². The lowest BCUT2D eigenvalue weighted by Crippen LogP contribution is -2.05. The largest absolute Gasteiger partial charge is 0.492 e. The average molecular weight is 402 g/mol. The molecule has 128 valence electrons. The highest BCUT2D eigenvalue weighted by Crippen LogP contribution is 2.37. The van der Waals surface area contributed by atoms with Crippen LogP contribution >= 0.6 is 15.9 Å². The van der Waals surface area contributed by atoms with Crippen molar-refractivity contribution in [2.75, 3.05) is 13.7 Å². The fourth-order valence-electron chi connectivity index (χ4n) is 2.40. The standard InChI is InChI=1S/C19H16BrNO4/c1-3-24-16-11-12(9-14(20)17(16)23-2)10-15-19(22)25-18(21-15)13-7-5-4-6-8-13/h4-11H,3H2,1-2H3. The molecule has 0 radical (unpaired) electrons. The zero-order chi connectivity index (χ0) is 17.8. The van der Waals surface area contributed by atoms with Crippen molar-refractivity contribution >= 4 is 33.9 Å². The summed E-state index contributed by atoms with van der Waals surface area (Å²) in [5, 5.41) is 0. The number of halogens is 1. The molecule has 0 bridgehead atoms. The number of nitrogens with zero attached hydrogens (tertiary/aromatic N) is 1. The van der Waals surface area contributed by atoms with Crippen molar-refractivity contribution in [2.24, 2.45) is 4.99 Å². The summed E-state index contributed by atoms with van der Waals surface area (Å²) in [6, 6.07) is 12.9. The number of aliphatic imine (C=N–C) groups is 1. The van der Waals surface area contributed by atoms with E-state index < -0.39 is 5.97 Å². The Morgan fingerprint density at radius 1 is 1.24 bits per heavy atom. The van der Waals surface area contributed by atoms with Crippen LogP contribution in [0.1, 0.15) is 18.1 Å². The third-order valence-electron chi connectivity index (χ3n) is 3.48. The summed E-state index contributed by atoms with van der Waals surface area (Å²) in [6.07, 6.45) is 1.66. The SMILES string of the molecule is CCOc1cc(C=C2N=C(c3ccccc3)OC2=O)cc(Br)c1OC. The molecule has 0 aromatic heterocycles. The Bertz CT molecular complexity index is 859. The van der Waals surface area contributed by atoms with Gasteiger partial charge in [0, 0.05) is 5.56 Å². The van der Waals surface area contributed by atoms with E-state index in [0.717, 1.165) is 15.6 Å². The van der Waals surface area contributed by atoms with Gasteiger partial charge in [-0.1, -0.05) is 18.2 Å². The summed E-state index contributed by atoms with van der Waals surface area (Å²) in [4.78, 5) is 16.4. The molecule has 0 unspecified atom stereocenters. The van der Waals surface area contributed by atoms with E-state index in [0.29, 0.717) is 24.0 Å². The van der Waals surface area contributed by atoms with Crippen molar-refractivity contribution < 1.29 is 19.0 Å². The van der Waals surface area contributed by atoms with Gasteiger partial charge in [-0.3, -0.25) is 0 Å². The highest BCUT2D eigenvalue weighted by molar-refractivity contribution is 9.10. The van der Waals surface area contributed by atoms with Gasteiger partial charge in [0.2, 0.25) is 5.90 Å². The topological polar surface area (TPSA) is 57.1 Å². The Labute approximate surface area is 154 Å². The molecule has 0 atom stereocenters. The molecule has 1 aliphatic rings. The molecule has 0 saturated carbocycles. The van der Waals surface area contributed by atoms with E-state index in [1.807, 2.05) is 43.3 Å². The fourth-order valence-corrected chi connectivity index (χ4v) is 3.03. The summed E-state index contributed by atoms with van der Waals surface area (Å²) in [5.41, 5.74) is 1.74. The smallest absolute Gasteiger partial charge is 0.363 e. The molecule has 2 aromatic carbocycles. The van der Waals surface area contributed by atoms with Gasteiger partial charge in [0.25, 0.3) is 0 Å². The number of hydrogen-bond donors (Lipinski definition) is 0. The van der Waals surface area contributed by atoms with Crippen LogP contribution < -0.4 is 9.47 Å². The number of benzene rings is 2. The first-order valence-corrected chi connectivity index (χ1v) is 8.50. The predicted molar refractivity (Wildman–Crippen MR) is 98.9 cm³/mol. The zero-order valence-electron chi connectivity index (χ0n) is 13.8. The van der Waals surface area contributed by atoms with Crippen LogP contribution in [0.15, 0.2) is 57.6 Å². The van der Waals surface area contributed by atoms with Gasteiger partial charge in [0.1, 0.15) is 0 Å². The van der Waals surface area contributed by atoms with Crippen LogP contribution in [-0.2, 0) is 9.53 Å². The number of esters is 1. The molecular weight excluding hydrogens is 386 g/mol. The molecule has 25 heavy (non-hydrogen) atoms. The Kier molecular flexibility index (Phi) is 5.19. The molecule has 6 heteroatoms. The van der Waals surface area contributed by atoms with Gasteiger partial charge < -0.3 is 14.2 Å². The molecule has 0 aliphatic carbocycles. The van der Waals surface area contributed by atoms with Gasteiger partial charge in [-0.2, -0.15) is 0 Å². The number of cyclic esters (lactones) is 1. The van der Waals surface area contributed by atoms with Crippen molar-refractivity contribution in [3.05, 3.63) is 63.8 Å². The summed E-state index contributed by atoms with van der Waals surface area (Å²) in [6.45, 7) is 2.39. The lowest BCUT2D eigenvalue weighted by molar-refractivity contribution is -0.129. The van der Waals surface area contributed by atoms with E-state index >= 15 is 0 Å². The number of methoxy groups -OCH3 is 1. The van der Waals surface area contributed by atoms with Crippen LogP contribution in [0.25, 0.3) is 6.08 Å². The van der Waals surface area contributed by atoms with Crippen LogP contribution in [0.2, 0.25) is 0 Å². The molecule has 1 heterocycles. The molecule has 0 N–H and O–H groups in total. The van der Waals surface area contributed by atoms with Gasteiger partial charge in [0.15, 0.2) is 17.2 Å². The van der Waals surface area contributed by atoms with E-state index in [1.165, 1.54) is 0 Å². The van der Waals surface area contributed by atoms with Crippen molar-refractivity contribution in [3.63, 3.8) is 0 Å². The highest BCUT2D eigenvalue weighted by Gasteiger charge is 2.24. The maximum Gasteiger partial charge on any atom is 0.363 e. The van der Waals surface area contributed by atoms with E-state index in [4.69, 9.17) is 14.2 Å². The number of hydrogen-bond acceptors (Lipinski definition) is 5. The molecule has 2 aromatic rings. The Morgan fingerprint density at radius 2 is 2.00 bits per heavy atom. The average Bonchev–Trinajstić information content (AvgIpc) is 2.97. The molecule has 1 aliphatic heterocycles. The molecular formula is C19H16BrNO4. The molecule has 5 nitrogen and oxygen atoms in total. The van der Waals surface area contributed by atoms with Crippen LogP contribution in [0.5, 0.6) is 11.5 Å². The number of rotatable bonds is 5. The minimum atomic E-state index is -0.483. The molecule has 0 saturated heterocycles. The van der Waals surface area contributed by atoms with Crippen LogP contribution in [0.4, 0.5) is 0 Å². The monoisotopic (exact) mass is 401 g/mol. The fraction of sp³-hybridized carbons (Fsp3) is 0.158. The minimum Gasteiger partial charge on any atom is -0.492 e. The van der Waals surface area contributed by atoms with Crippen LogP contribution in [-0.4, -0.2) is 25.6 Å². The lowest BCUT2D eigenvalue weighted by atomic mass is 10.1. The Hall–Kier alpha value is -2.60. The quantitative estimate of drug-likeness (QED) is 0.556. The van der Waals surface area contributed by atoms with Crippen LogP contribution in [0, 0.1) is 0 Å². The van der Waals surface area contributed by atoms with Crippen molar-refractivity contribution in [3.8, 4) is 11.5 Å². The molecule has 0 amide bonds. The van der Waals surface area contributed by atoms with E-state index in [-0.39, 0.29) is 5.70 Å². The summed E-state index contributed by atoms with van der Waals surface area (Å²) < 4.78 is 16.9. The highest BCUT2D eigenvalue weighted by atomic mass is 79.9. The van der Waals surface area contributed by atoms with Crippen molar-refractivity contribution in [2.45, 2.75) is 6.92 Å². The second kappa shape index (κ2) is 7.53. The Morgan fingerprint density at radius 3 is 2.68 bits per heavy atom. The van der Waals surface area contributed by atoms with Crippen molar-refractivity contribution in [1.82, 2.24) is 0 Å².